The molecule has 1 aromatic rings. The van der Waals surface area contributed by atoms with Crippen LogP contribution in [-0.4, -0.2) is 20.7 Å². The maximum atomic E-state index is 11.1. The van der Waals surface area contributed by atoms with Crippen LogP contribution in [-0.2, 0) is 11.3 Å². The van der Waals surface area contributed by atoms with Crippen molar-refractivity contribution in [2.75, 3.05) is 0 Å². The second kappa shape index (κ2) is 4.35. The van der Waals surface area contributed by atoms with Crippen LogP contribution >= 0.6 is 0 Å². The molecule has 0 aromatic carbocycles. The largest absolute Gasteiger partial charge is 0.370 e. The number of H-pyrrole nitrogens is 1. The highest BCUT2D eigenvalue weighted by atomic mass is 16.2. The number of primary amides is 1. The fourth-order valence-electron chi connectivity index (χ4n) is 0.971. The molecule has 0 saturated heterocycles. The maximum Gasteiger partial charge on any atom is 0.330 e. The molecule has 0 radical (unpaired) electrons. The molecule has 1 amide bonds. The molecule has 0 spiro atoms. The lowest BCUT2D eigenvalue weighted by atomic mass is 10.3. The van der Waals surface area contributed by atoms with E-state index < -0.39 is 17.0 Å². The summed E-state index contributed by atoms with van der Waals surface area (Å²) in [6.45, 7) is 0.263. The van der Waals surface area contributed by atoms with Crippen LogP contribution in [0, 0.1) is 0 Å². The second-order valence-corrected chi connectivity index (χ2v) is 2.75. The van der Waals surface area contributed by atoms with Gasteiger partial charge in [0.1, 0.15) is 6.33 Å². The molecule has 0 unspecified atom stereocenters. The van der Waals surface area contributed by atoms with Crippen molar-refractivity contribution in [1.29, 1.82) is 0 Å². The van der Waals surface area contributed by atoms with Crippen LogP contribution in [0.3, 0.4) is 0 Å². The Labute approximate surface area is 78.6 Å². The third-order valence-corrected chi connectivity index (χ3v) is 1.64. The first kappa shape index (κ1) is 10.2. The van der Waals surface area contributed by atoms with E-state index in [1.807, 2.05) is 5.10 Å². The van der Waals surface area contributed by atoms with Gasteiger partial charge in [-0.1, -0.05) is 0 Å². The summed E-state index contributed by atoms with van der Waals surface area (Å²) in [7, 11) is 0. The summed E-state index contributed by atoms with van der Waals surface area (Å²) in [6.07, 6.45) is 1.81. The van der Waals surface area contributed by atoms with Crippen molar-refractivity contribution in [3.8, 4) is 0 Å². The average molecular weight is 198 g/mol. The van der Waals surface area contributed by atoms with Gasteiger partial charge in [0.15, 0.2) is 0 Å². The van der Waals surface area contributed by atoms with Crippen molar-refractivity contribution in [3.05, 3.63) is 27.0 Å². The highest BCUT2D eigenvalue weighted by Gasteiger charge is 2.00. The van der Waals surface area contributed by atoms with Crippen LogP contribution < -0.4 is 16.9 Å². The number of aryl methyl sites for hydroxylation is 1. The molecular formula is C7H10N4O3. The van der Waals surface area contributed by atoms with E-state index in [1.54, 1.807) is 0 Å². The minimum Gasteiger partial charge on any atom is -0.370 e. The predicted molar refractivity (Wildman–Crippen MR) is 47.5 cm³/mol. The van der Waals surface area contributed by atoms with Crippen molar-refractivity contribution in [1.82, 2.24) is 14.8 Å². The number of carbonyl (C=O) groups excluding carboxylic acids is 1. The van der Waals surface area contributed by atoms with E-state index in [1.165, 1.54) is 6.33 Å². The first-order valence-electron chi connectivity index (χ1n) is 4.03. The van der Waals surface area contributed by atoms with Crippen LogP contribution in [0.5, 0.6) is 0 Å². The molecule has 76 valence electrons. The molecule has 0 aliphatic rings. The van der Waals surface area contributed by atoms with E-state index in [-0.39, 0.29) is 13.0 Å². The first-order chi connectivity index (χ1) is 6.61. The summed E-state index contributed by atoms with van der Waals surface area (Å²) in [5, 5.41) is 5.46. The second-order valence-electron chi connectivity index (χ2n) is 2.75. The third-order valence-electron chi connectivity index (χ3n) is 1.64. The number of rotatable bonds is 4. The van der Waals surface area contributed by atoms with Gasteiger partial charge in [-0.25, -0.2) is 5.10 Å². The zero-order chi connectivity index (χ0) is 10.6. The summed E-state index contributed by atoms with van der Waals surface area (Å²) >= 11 is 0. The van der Waals surface area contributed by atoms with E-state index in [0.29, 0.717) is 6.42 Å². The van der Waals surface area contributed by atoms with Crippen LogP contribution in [0.25, 0.3) is 0 Å². The minimum absolute atomic E-state index is 0.180. The van der Waals surface area contributed by atoms with Gasteiger partial charge in [0.25, 0.3) is 0 Å². The molecule has 0 bridgehead atoms. The van der Waals surface area contributed by atoms with Gasteiger partial charge in [-0.2, -0.15) is 5.10 Å². The smallest absolute Gasteiger partial charge is 0.330 e. The van der Waals surface area contributed by atoms with Crippen molar-refractivity contribution in [3.63, 3.8) is 0 Å². The van der Waals surface area contributed by atoms with Crippen LogP contribution in [0.4, 0.5) is 0 Å². The Bertz CT molecular complexity index is 433. The Morgan fingerprint density at radius 2 is 2.29 bits per heavy atom. The zero-order valence-corrected chi connectivity index (χ0v) is 7.40. The molecule has 7 nitrogen and oxygen atoms in total. The Kier molecular flexibility index (Phi) is 3.16. The molecule has 0 aliphatic carbocycles. The summed E-state index contributed by atoms with van der Waals surface area (Å²) in [6, 6.07) is 0. The molecule has 1 heterocycles. The molecule has 0 atom stereocenters. The van der Waals surface area contributed by atoms with Crippen molar-refractivity contribution < 1.29 is 4.79 Å². The number of hydrogen-bond acceptors (Lipinski definition) is 4. The molecular weight excluding hydrogens is 188 g/mol. The van der Waals surface area contributed by atoms with Gasteiger partial charge in [-0.05, 0) is 6.42 Å². The number of nitrogens with zero attached hydrogens (tertiary/aromatic N) is 2. The number of carbonyl (C=O) groups is 1. The number of aromatic amines is 1. The average Bonchev–Trinajstić information content (AvgIpc) is 2.12. The molecule has 3 N–H and O–H groups in total. The van der Waals surface area contributed by atoms with Gasteiger partial charge >= 0.3 is 11.1 Å². The first-order valence-corrected chi connectivity index (χ1v) is 4.03. The SMILES string of the molecule is NC(=O)CCCn1cn[nH]c(=O)c1=O. The summed E-state index contributed by atoms with van der Waals surface area (Å²) in [5.74, 6) is -0.434. The van der Waals surface area contributed by atoms with E-state index in [0.717, 1.165) is 4.57 Å². The topological polar surface area (TPSA) is 111 Å². The number of nitrogens with two attached hydrogens (primary N) is 1. The Morgan fingerprint density at radius 1 is 1.57 bits per heavy atom. The summed E-state index contributed by atoms with van der Waals surface area (Å²) < 4.78 is 1.14. The van der Waals surface area contributed by atoms with E-state index >= 15 is 0 Å². The molecule has 14 heavy (non-hydrogen) atoms. The minimum atomic E-state index is -0.772. The van der Waals surface area contributed by atoms with E-state index in [2.05, 4.69) is 5.10 Å². The Balaban J connectivity index is 2.69. The van der Waals surface area contributed by atoms with E-state index in [4.69, 9.17) is 5.73 Å². The molecule has 7 heteroatoms. The highest BCUT2D eigenvalue weighted by molar-refractivity contribution is 5.73. The van der Waals surface area contributed by atoms with Crippen LogP contribution in [0.1, 0.15) is 12.8 Å². The quantitative estimate of drug-likeness (QED) is 0.556. The highest BCUT2D eigenvalue weighted by Crippen LogP contribution is 1.89. The lowest BCUT2D eigenvalue weighted by molar-refractivity contribution is -0.118. The van der Waals surface area contributed by atoms with Gasteiger partial charge in [-0.15, -0.1) is 0 Å². The number of hydrogen-bond donors (Lipinski definition) is 2. The normalized spacial score (nSPS) is 10.0. The monoisotopic (exact) mass is 198 g/mol. The lowest BCUT2D eigenvalue weighted by Crippen LogP contribution is -2.36. The zero-order valence-electron chi connectivity index (χ0n) is 7.40. The number of amides is 1. The molecule has 1 rings (SSSR count). The molecule has 1 aromatic heterocycles. The Hall–Kier alpha value is -1.92. The maximum absolute atomic E-state index is 11.1. The van der Waals surface area contributed by atoms with Gasteiger partial charge in [0.2, 0.25) is 5.91 Å². The third kappa shape index (κ3) is 2.54. The number of nitrogens with one attached hydrogen (secondary N) is 1. The summed E-state index contributed by atoms with van der Waals surface area (Å²) in [4.78, 5) is 32.3. The van der Waals surface area contributed by atoms with Gasteiger partial charge < -0.3 is 5.73 Å². The van der Waals surface area contributed by atoms with Gasteiger partial charge in [0, 0.05) is 13.0 Å². The molecule has 0 fully saturated rings. The van der Waals surface area contributed by atoms with Crippen molar-refractivity contribution in [2.45, 2.75) is 19.4 Å². The molecule has 0 saturated carbocycles. The lowest BCUT2D eigenvalue weighted by Gasteiger charge is -2.00. The van der Waals surface area contributed by atoms with Crippen LogP contribution in [0.2, 0.25) is 0 Å². The fraction of sp³-hybridized carbons (Fsp3) is 0.429. The summed E-state index contributed by atoms with van der Waals surface area (Å²) in [5.41, 5.74) is 3.47. The van der Waals surface area contributed by atoms with Gasteiger partial charge in [-0.3, -0.25) is 19.0 Å². The predicted octanol–water partition coefficient (Wildman–Crippen LogP) is -1.80. The Morgan fingerprint density at radius 3 is 2.93 bits per heavy atom. The fourth-order valence-corrected chi connectivity index (χ4v) is 0.971. The standard InChI is InChI=1S/C7H10N4O3/c8-5(12)2-1-3-11-4-9-10-6(13)7(11)14/h4H,1-3H2,(H2,8,12)(H,10,13). The van der Waals surface area contributed by atoms with Crippen LogP contribution in [0.15, 0.2) is 15.9 Å². The van der Waals surface area contributed by atoms with Gasteiger partial charge in [0.05, 0.1) is 0 Å². The van der Waals surface area contributed by atoms with E-state index in [9.17, 15) is 14.4 Å². The van der Waals surface area contributed by atoms with Crippen molar-refractivity contribution >= 4 is 5.91 Å². The number of aromatic nitrogens is 3. The molecule has 0 aliphatic heterocycles. The van der Waals surface area contributed by atoms with Crippen molar-refractivity contribution in [2.24, 2.45) is 5.73 Å².